The summed E-state index contributed by atoms with van der Waals surface area (Å²) in [6, 6.07) is 5.67. The molecule has 0 amide bonds. The molecule has 2 heterocycles. The number of hydrogen-bond donors (Lipinski definition) is 0. The molecule has 0 fully saturated rings. The molecule has 0 spiro atoms. The van der Waals surface area contributed by atoms with Gasteiger partial charge in [-0.2, -0.15) is 17.6 Å². The molecule has 2 aromatic rings. The monoisotopic (exact) mass is 444 g/mol. The third kappa shape index (κ3) is 6.87. The third-order valence-electron chi connectivity index (χ3n) is 3.68. The minimum Gasteiger partial charge on any atom is -0.370 e. The molecular formula is C18H16F8N2O2. The van der Waals surface area contributed by atoms with E-state index < -0.39 is 37.9 Å². The lowest BCUT2D eigenvalue weighted by Crippen LogP contribution is -2.32. The van der Waals surface area contributed by atoms with Gasteiger partial charge in [-0.15, -0.1) is 0 Å². The average Bonchev–Trinajstić information content (AvgIpc) is 2.68. The third-order valence-corrected chi connectivity index (χ3v) is 3.68. The topological polar surface area (TPSA) is 44.2 Å². The molecular weight excluding hydrogens is 428 g/mol. The second-order valence-electron chi connectivity index (χ2n) is 6.21. The summed E-state index contributed by atoms with van der Waals surface area (Å²) in [6.45, 7) is -3.69. The van der Waals surface area contributed by atoms with Crippen LogP contribution in [0, 0.1) is 0 Å². The van der Waals surface area contributed by atoms with Gasteiger partial charge in [0.15, 0.2) is 0 Å². The second kappa shape index (κ2) is 10.1. The molecule has 4 nitrogen and oxygen atoms in total. The summed E-state index contributed by atoms with van der Waals surface area (Å²) in [7, 11) is 0. The van der Waals surface area contributed by atoms with Crippen LogP contribution >= 0.6 is 0 Å². The maximum absolute atomic E-state index is 12.9. The van der Waals surface area contributed by atoms with Crippen LogP contribution in [0.15, 0.2) is 36.7 Å². The van der Waals surface area contributed by atoms with Gasteiger partial charge >= 0.3 is 24.7 Å². The molecule has 0 aliphatic heterocycles. The van der Waals surface area contributed by atoms with E-state index in [1.807, 2.05) is 0 Å². The Kier molecular flexibility index (Phi) is 8.07. The largest absolute Gasteiger partial charge is 0.370 e. The van der Waals surface area contributed by atoms with Crippen molar-refractivity contribution >= 4 is 0 Å². The molecule has 0 N–H and O–H groups in total. The van der Waals surface area contributed by atoms with Gasteiger partial charge in [0.2, 0.25) is 0 Å². The predicted octanol–water partition coefficient (Wildman–Crippen LogP) is 4.98. The first-order chi connectivity index (χ1) is 14.0. The first-order valence-electron chi connectivity index (χ1n) is 8.39. The first kappa shape index (κ1) is 23.9. The molecule has 0 radical (unpaired) electrons. The Labute approximate surface area is 165 Å². The maximum Gasteiger partial charge on any atom is 0.330 e. The zero-order valence-electron chi connectivity index (χ0n) is 15.2. The number of pyridine rings is 2. The Balaban J connectivity index is 1.99. The van der Waals surface area contributed by atoms with Crippen molar-refractivity contribution < 1.29 is 44.6 Å². The molecule has 0 saturated carbocycles. The highest BCUT2D eigenvalue weighted by atomic mass is 19.3. The van der Waals surface area contributed by atoms with Gasteiger partial charge < -0.3 is 9.47 Å². The average molecular weight is 444 g/mol. The van der Waals surface area contributed by atoms with Gasteiger partial charge in [0.25, 0.3) is 0 Å². The number of nitrogens with zero attached hydrogens (tertiary/aromatic N) is 2. The van der Waals surface area contributed by atoms with E-state index in [0.29, 0.717) is 11.1 Å². The van der Waals surface area contributed by atoms with Gasteiger partial charge in [0, 0.05) is 12.4 Å². The quantitative estimate of drug-likeness (QED) is 0.459. The van der Waals surface area contributed by atoms with Crippen LogP contribution in [-0.2, 0) is 22.7 Å². The highest BCUT2D eigenvalue weighted by Crippen LogP contribution is 2.25. The van der Waals surface area contributed by atoms with Crippen molar-refractivity contribution in [1.29, 1.82) is 0 Å². The van der Waals surface area contributed by atoms with E-state index in [1.165, 1.54) is 36.7 Å². The van der Waals surface area contributed by atoms with Crippen LogP contribution in [0.3, 0.4) is 0 Å². The van der Waals surface area contributed by atoms with Crippen LogP contribution in [0.2, 0.25) is 0 Å². The van der Waals surface area contributed by atoms with Gasteiger partial charge in [-0.3, -0.25) is 9.97 Å². The number of ether oxygens (including phenoxy) is 2. The lowest BCUT2D eigenvalue weighted by atomic mass is 10.1. The normalized spacial score (nSPS) is 12.7. The number of alkyl halides is 8. The van der Waals surface area contributed by atoms with E-state index >= 15 is 0 Å². The van der Waals surface area contributed by atoms with Crippen LogP contribution in [0.1, 0.15) is 11.1 Å². The Morgan fingerprint density at radius 1 is 0.700 bits per heavy atom. The summed E-state index contributed by atoms with van der Waals surface area (Å²) in [5, 5.41) is 0. The van der Waals surface area contributed by atoms with Crippen LogP contribution in [0.4, 0.5) is 35.1 Å². The lowest BCUT2D eigenvalue weighted by molar-refractivity contribution is -0.168. The number of aromatic nitrogens is 2. The molecule has 30 heavy (non-hydrogen) atoms. The van der Waals surface area contributed by atoms with E-state index in [0.717, 1.165) is 0 Å². The lowest BCUT2D eigenvalue weighted by Gasteiger charge is -2.15. The SMILES string of the molecule is FC(F)C(F)(F)COCc1ccnc(-c2cc(COCC(F)(F)C(F)F)ccn2)c1. The van der Waals surface area contributed by atoms with Crippen LogP contribution < -0.4 is 0 Å². The summed E-state index contributed by atoms with van der Waals surface area (Å²) < 4.78 is 109. The van der Waals surface area contributed by atoms with E-state index in [-0.39, 0.29) is 24.6 Å². The summed E-state index contributed by atoms with van der Waals surface area (Å²) >= 11 is 0. The molecule has 0 aliphatic rings. The van der Waals surface area contributed by atoms with Gasteiger partial charge in [-0.05, 0) is 35.4 Å². The summed E-state index contributed by atoms with van der Waals surface area (Å²) in [5.41, 5.74) is 1.23. The minimum absolute atomic E-state index is 0.261. The van der Waals surface area contributed by atoms with Crippen LogP contribution in [0.25, 0.3) is 11.4 Å². The fraction of sp³-hybridized carbons (Fsp3) is 0.444. The smallest absolute Gasteiger partial charge is 0.330 e. The van der Waals surface area contributed by atoms with E-state index in [9.17, 15) is 35.1 Å². The van der Waals surface area contributed by atoms with Crippen molar-refractivity contribution in [2.75, 3.05) is 13.2 Å². The van der Waals surface area contributed by atoms with Gasteiger partial charge in [0.1, 0.15) is 13.2 Å². The van der Waals surface area contributed by atoms with E-state index in [1.54, 1.807) is 0 Å². The molecule has 0 aromatic carbocycles. The highest BCUT2D eigenvalue weighted by molar-refractivity contribution is 5.55. The number of hydrogen-bond acceptors (Lipinski definition) is 4. The number of rotatable bonds is 11. The Morgan fingerprint density at radius 2 is 1.07 bits per heavy atom. The van der Waals surface area contributed by atoms with E-state index in [4.69, 9.17) is 0 Å². The fourth-order valence-electron chi connectivity index (χ4n) is 2.14. The number of halogens is 8. The van der Waals surface area contributed by atoms with Gasteiger partial charge in [-0.25, -0.2) is 17.6 Å². The van der Waals surface area contributed by atoms with Crippen molar-refractivity contribution in [1.82, 2.24) is 9.97 Å². The van der Waals surface area contributed by atoms with Crippen molar-refractivity contribution in [2.45, 2.75) is 37.9 Å². The van der Waals surface area contributed by atoms with E-state index in [2.05, 4.69) is 19.4 Å². The molecule has 0 bridgehead atoms. The fourth-order valence-corrected chi connectivity index (χ4v) is 2.14. The molecule has 0 saturated heterocycles. The van der Waals surface area contributed by atoms with Crippen LogP contribution in [-0.4, -0.2) is 47.9 Å². The Morgan fingerprint density at radius 3 is 1.40 bits per heavy atom. The second-order valence-corrected chi connectivity index (χ2v) is 6.21. The standard InChI is InChI=1S/C18H16F8N2O2/c19-15(20)17(23,24)9-29-7-11-1-3-27-13(5-11)14-6-12(2-4-28-14)8-30-10-18(25,26)16(21)22/h1-6,15-16H,7-10H2. The van der Waals surface area contributed by atoms with Crippen molar-refractivity contribution in [3.63, 3.8) is 0 Å². The molecule has 2 aromatic heterocycles. The molecule has 2 rings (SSSR count). The molecule has 0 unspecified atom stereocenters. The maximum atomic E-state index is 12.9. The predicted molar refractivity (Wildman–Crippen MR) is 88.7 cm³/mol. The van der Waals surface area contributed by atoms with Gasteiger partial charge in [-0.1, -0.05) is 0 Å². The summed E-state index contributed by atoms with van der Waals surface area (Å²) in [4.78, 5) is 8.06. The molecule has 166 valence electrons. The Hall–Kier alpha value is -2.34. The zero-order valence-corrected chi connectivity index (χ0v) is 15.2. The first-order valence-corrected chi connectivity index (χ1v) is 8.39. The van der Waals surface area contributed by atoms with Crippen LogP contribution in [0.5, 0.6) is 0 Å². The highest BCUT2D eigenvalue weighted by Gasteiger charge is 2.41. The van der Waals surface area contributed by atoms with Crippen molar-refractivity contribution in [3.05, 3.63) is 47.8 Å². The molecule has 12 heteroatoms. The summed E-state index contributed by atoms with van der Waals surface area (Å²) in [6.07, 6.45) is -5.07. The van der Waals surface area contributed by atoms with Crippen molar-refractivity contribution in [2.24, 2.45) is 0 Å². The molecule has 0 atom stereocenters. The summed E-state index contributed by atoms with van der Waals surface area (Å²) in [5.74, 6) is -8.54. The minimum atomic E-state index is -4.27. The van der Waals surface area contributed by atoms with Crippen molar-refractivity contribution in [3.8, 4) is 11.4 Å². The molecule has 0 aliphatic carbocycles. The Bertz CT molecular complexity index is 753. The zero-order chi connectivity index (χ0) is 22.4. The van der Waals surface area contributed by atoms with Gasteiger partial charge in [0.05, 0.1) is 24.6 Å².